The molecular formula is C28H21Br4ClN2O3S. The topological polar surface area (TPSA) is 59.0 Å². The Kier molecular flexibility index (Phi) is 8.46. The van der Waals surface area contributed by atoms with Crippen LogP contribution in [-0.2, 0) is 14.3 Å². The summed E-state index contributed by atoms with van der Waals surface area (Å²) in [6.45, 7) is 3.88. The van der Waals surface area contributed by atoms with Crippen molar-refractivity contribution in [1.82, 2.24) is 4.90 Å². The van der Waals surface area contributed by atoms with Gasteiger partial charge in [-0.15, -0.1) is 11.8 Å². The van der Waals surface area contributed by atoms with Crippen LogP contribution in [0.15, 0.2) is 91.2 Å². The molecule has 3 aromatic carbocycles. The molecule has 0 saturated carbocycles. The van der Waals surface area contributed by atoms with Crippen LogP contribution < -0.4 is 0 Å². The average molecular weight is 821 g/mol. The van der Waals surface area contributed by atoms with E-state index in [0.29, 0.717) is 14.5 Å². The van der Waals surface area contributed by atoms with Crippen molar-refractivity contribution in [3.05, 3.63) is 103 Å². The number of nitrogens with zero attached hydrogens (tertiary/aromatic N) is 2. The first kappa shape index (κ1) is 29.3. The lowest BCUT2D eigenvalue weighted by atomic mass is 9.95. The molecule has 0 aromatic heterocycles. The number of hydrogen-bond donors (Lipinski definition) is 0. The lowest BCUT2D eigenvalue weighted by Crippen LogP contribution is -2.70. The van der Waals surface area contributed by atoms with Gasteiger partial charge in [0.15, 0.2) is 6.10 Å². The van der Waals surface area contributed by atoms with Crippen molar-refractivity contribution in [3.8, 4) is 0 Å². The molecule has 2 fully saturated rings. The number of aliphatic imine (C=N–C) groups is 1. The summed E-state index contributed by atoms with van der Waals surface area (Å²) in [5, 5.41) is -0.296. The Bertz CT molecular complexity index is 1410. The van der Waals surface area contributed by atoms with Gasteiger partial charge in [-0.25, -0.2) is 9.79 Å². The molecule has 5 nitrogen and oxygen atoms in total. The average Bonchev–Trinajstić information content (AvgIpc) is 3.16. The number of esters is 1. The number of rotatable bonds is 6. The van der Waals surface area contributed by atoms with E-state index in [1.54, 1.807) is 4.90 Å². The lowest BCUT2D eigenvalue weighted by molar-refractivity contribution is -0.166. The van der Waals surface area contributed by atoms with Gasteiger partial charge in [-0.1, -0.05) is 88.2 Å². The van der Waals surface area contributed by atoms with Crippen molar-refractivity contribution in [2.24, 2.45) is 4.99 Å². The highest BCUT2D eigenvalue weighted by Gasteiger charge is 2.71. The van der Waals surface area contributed by atoms with Crippen LogP contribution in [0.4, 0.5) is 0 Å². The van der Waals surface area contributed by atoms with Crippen LogP contribution in [0, 0.1) is 0 Å². The standard InChI is InChI=1S/C28H21Br4ClN2O3S/c1-27(2)22(24(36)38-21(15-9-5-3-6-10-15)16-11-7-4-8-12-16)35-25(37)28(32,26(35)39-27)34-23(33)20-18(30)13-17(29)14-19(20)31/h3-14,21-22,26H,1-2H3/t22-,26+,28+/m0/s1. The highest BCUT2D eigenvalue weighted by molar-refractivity contribution is 9.11. The van der Waals surface area contributed by atoms with Gasteiger partial charge in [0.1, 0.15) is 16.6 Å². The number of thioether (sulfide) groups is 1. The number of fused-ring (bicyclic) bond motifs is 1. The Morgan fingerprint density at radius 2 is 1.51 bits per heavy atom. The normalized spacial score (nSPS) is 23.9. The van der Waals surface area contributed by atoms with E-state index in [-0.39, 0.29) is 11.1 Å². The first-order valence-corrected chi connectivity index (χ1v) is 16.3. The number of amides is 1. The van der Waals surface area contributed by atoms with Gasteiger partial charge >= 0.3 is 5.97 Å². The van der Waals surface area contributed by atoms with E-state index >= 15 is 0 Å². The fraction of sp³-hybridized carbons (Fsp3) is 0.250. The molecule has 2 heterocycles. The minimum Gasteiger partial charge on any atom is -0.451 e. The highest BCUT2D eigenvalue weighted by atomic mass is 79.9. The van der Waals surface area contributed by atoms with Crippen molar-refractivity contribution >= 4 is 104 Å². The third-order valence-corrected chi connectivity index (χ3v) is 11.5. The van der Waals surface area contributed by atoms with Crippen LogP contribution >= 0.6 is 87.1 Å². The van der Waals surface area contributed by atoms with E-state index < -0.39 is 32.7 Å². The molecule has 3 aromatic rings. The van der Waals surface area contributed by atoms with Crippen molar-refractivity contribution in [2.75, 3.05) is 0 Å². The number of β-lactam (4-membered cyclic amide) rings is 1. The number of carbonyl (C=O) groups is 2. The molecule has 0 radical (unpaired) electrons. The molecule has 202 valence electrons. The van der Waals surface area contributed by atoms with Gasteiger partial charge in [0.2, 0.25) is 4.45 Å². The Labute approximate surface area is 269 Å². The monoisotopic (exact) mass is 816 g/mol. The predicted molar refractivity (Wildman–Crippen MR) is 171 cm³/mol. The third kappa shape index (κ3) is 5.42. The molecule has 5 rings (SSSR count). The van der Waals surface area contributed by atoms with E-state index in [4.69, 9.17) is 16.3 Å². The molecule has 2 saturated heterocycles. The smallest absolute Gasteiger partial charge is 0.331 e. The SMILES string of the molecule is CC1(C)S[C@H]2N(C(=O)[C@@]2(Br)N=C(Cl)c2c(Br)cc(Br)cc2Br)[C@H]1C(=O)OC(c1ccccc1)c1ccccc1. The first-order valence-electron chi connectivity index (χ1n) is 11.8. The summed E-state index contributed by atoms with van der Waals surface area (Å²) < 4.78 is 6.50. The number of halogens is 5. The molecule has 0 spiro atoms. The maximum Gasteiger partial charge on any atom is 0.331 e. The molecule has 39 heavy (non-hydrogen) atoms. The van der Waals surface area contributed by atoms with Gasteiger partial charge in [-0.05, 0) is 84.9 Å². The van der Waals surface area contributed by atoms with Crippen LogP contribution in [0.5, 0.6) is 0 Å². The fourth-order valence-corrected chi connectivity index (χ4v) is 10.5. The zero-order valence-corrected chi connectivity index (χ0v) is 28.5. The Balaban J connectivity index is 1.44. The number of hydrogen-bond acceptors (Lipinski definition) is 5. The van der Waals surface area contributed by atoms with E-state index in [1.807, 2.05) is 86.6 Å². The summed E-state index contributed by atoms with van der Waals surface area (Å²) in [6, 6.07) is 22.1. The number of ether oxygens (including phenoxy) is 1. The van der Waals surface area contributed by atoms with Gasteiger partial charge < -0.3 is 9.64 Å². The molecule has 2 aliphatic rings. The number of carbonyl (C=O) groups excluding carboxylic acids is 2. The Hall–Kier alpha value is -1.17. The lowest BCUT2D eigenvalue weighted by Gasteiger charge is -2.47. The fourth-order valence-electron chi connectivity index (χ4n) is 4.79. The molecule has 1 amide bonds. The second-order valence-electron chi connectivity index (χ2n) is 9.65. The van der Waals surface area contributed by atoms with E-state index in [1.165, 1.54) is 11.8 Å². The molecule has 11 heteroatoms. The third-order valence-electron chi connectivity index (χ3n) is 6.60. The molecule has 3 atom stereocenters. The molecular weight excluding hydrogens is 799 g/mol. The van der Waals surface area contributed by atoms with Crippen molar-refractivity contribution in [3.63, 3.8) is 0 Å². The van der Waals surface area contributed by atoms with Crippen LogP contribution in [0.2, 0.25) is 0 Å². The summed E-state index contributed by atoms with van der Waals surface area (Å²) in [5.41, 5.74) is 2.32. The van der Waals surface area contributed by atoms with Crippen LogP contribution in [0.1, 0.15) is 36.6 Å². The maximum atomic E-state index is 13.8. The first-order chi connectivity index (χ1) is 18.4. The van der Waals surface area contributed by atoms with Gasteiger partial charge in [0.25, 0.3) is 5.91 Å². The molecule has 0 aliphatic carbocycles. The quantitative estimate of drug-likeness (QED) is 0.0825. The summed E-state index contributed by atoms with van der Waals surface area (Å²) in [7, 11) is 0. The summed E-state index contributed by atoms with van der Waals surface area (Å²) in [6.07, 6.45) is -0.607. The molecule has 0 unspecified atom stereocenters. The zero-order chi connectivity index (χ0) is 28.1. The number of alkyl halides is 1. The van der Waals surface area contributed by atoms with Crippen molar-refractivity contribution < 1.29 is 14.3 Å². The molecule has 2 aliphatic heterocycles. The minimum absolute atomic E-state index is 0.156. The maximum absolute atomic E-state index is 13.8. The van der Waals surface area contributed by atoms with Crippen LogP contribution in [0.3, 0.4) is 0 Å². The van der Waals surface area contributed by atoms with Crippen LogP contribution in [0.25, 0.3) is 0 Å². The van der Waals surface area contributed by atoms with Gasteiger partial charge in [0, 0.05) is 23.7 Å². The van der Waals surface area contributed by atoms with Gasteiger partial charge in [-0.2, -0.15) is 0 Å². The summed E-state index contributed by atoms with van der Waals surface area (Å²) >= 11 is 22.2. The Morgan fingerprint density at radius 1 is 1.00 bits per heavy atom. The van der Waals surface area contributed by atoms with E-state index in [0.717, 1.165) is 15.6 Å². The molecule has 0 N–H and O–H groups in total. The number of benzene rings is 3. The van der Waals surface area contributed by atoms with E-state index in [9.17, 15) is 9.59 Å². The zero-order valence-electron chi connectivity index (χ0n) is 20.6. The van der Waals surface area contributed by atoms with E-state index in [2.05, 4.69) is 68.7 Å². The highest BCUT2D eigenvalue weighted by Crippen LogP contribution is 2.59. The Morgan fingerprint density at radius 3 is 2.03 bits per heavy atom. The second-order valence-corrected chi connectivity index (χ2v) is 15.6. The summed E-state index contributed by atoms with van der Waals surface area (Å²) in [5.74, 6) is -0.810. The van der Waals surface area contributed by atoms with Crippen molar-refractivity contribution in [1.29, 1.82) is 0 Å². The van der Waals surface area contributed by atoms with Gasteiger partial charge in [-0.3, -0.25) is 4.79 Å². The van der Waals surface area contributed by atoms with Crippen LogP contribution in [-0.4, -0.2) is 42.6 Å². The minimum atomic E-state index is -1.31. The summed E-state index contributed by atoms with van der Waals surface area (Å²) in [4.78, 5) is 33.6. The largest absolute Gasteiger partial charge is 0.451 e. The molecule has 0 bridgehead atoms. The predicted octanol–water partition coefficient (Wildman–Crippen LogP) is 8.45. The second kappa shape index (κ2) is 11.2. The van der Waals surface area contributed by atoms with Crippen molar-refractivity contribution in [2.45, 2.75) is 40.6 Å². The van der Waals surface area contributed by atoms with Gasteiger partial charge in [0.05, 0.1) is 0 Å².